The van der Waals surface area contributed by atoms with Crippen LogP contribution in [0.4, 0.5) is 5.69 Å². The zero-order valence-corrected chi connectivity index (χ0v) is 10.5. The first-order valence-electron chi connectivity index (χ1n) is 6.21. The Morgan fingerprint density at radius 1 is 1.59 bits per heavy atom. The molecule has 1 N–H and O–H groups in total. The quantitative estimate of drug-likeness (QED) is 0.868. The Labute approximate surface area is 102 Å². The molecule has 1 unspecified atom stereocenters. The fraction of sp³-hybridized carbons (Fsp3) is 0.615. The van der Waals surface area contributed by atoms with Gasteiger partial charge in [0, 0.05) is 13.1 Å². The Hall–Kier alpha value is -1.13. The molecular formula is C13H20N2O2. The fourth-order valence-electron chi connectivity index (χ4n) is 2.04. The van der Waals surface area contributed by atoms with Crippen LogP contribution >= 0.6 is 0 Å². The summed E-state index contributed by atoms with van der Waals surface area (Å²) in [6.45, 7) is 6.60. The average molecular weight is 236 g/mol. The van der Waals surface area contributed by atoms with Gasteiger partial charge in [-0.1, -0.05) is 6.92 Å². The number of aromatic nitrogens is 1. The molecule has 0 aliphatic carbocycles. The van der Waals surface area contributed by atoms with Gasteiger partial charge in [0.05, 0.1) is 36.4 Å². The third-order valence-electron chi connectivity index (χ3n) is 3.11. The molecule has 4 heteroatoms. The van der Waals surface area contributed by atoms with E-state index in [1.54, 1.807) is 0 Å². The summed E-state index contributed by atoms with van der Waals surface area (Å²) in [6, 6.07) is 3.93. The van der Waals surface area contributed by atoms with Crippen LogP contribution in [0.3, 0.4) is 0 Å². The molecule has 0 radical (unpaired) electrons. The van der Waals surface area contributed by atoms with Crippen LogP contribution < -0.4 is 4.90 Å². The lowest BCUT2D eigenvalue weighted by molar-refractivity contribution is 0.0532. The first-order valence-corrected chi connectivity index (χ1v) is 6.21. The van der Waals surface area contributed by atoms with E-state index in [1.807, 2.05) is 25.3 Å². The number of anilines is 1. The second-order valence-electron chi connectivity index (χ2n) is 4.49. The predicted octanol–water partition coefficient (Wildman–Crippen LogP) is 1.75. The topological polar surface area (TPSA) is 45.6 Å². The largest absolute Gasteiger partial charge is 0.387 e. The molecule has 94 valence electrons. The molecule has 0 saturated carbocycles. The molecule has 1 aliphatic rings. The van der Waals surface area contributed by atoms with Gasteiger partial charge in [-0.3, -0.25) is 4.98 Å². The van der Waals surface area contributed by atoms with Crippen molar-refractivity contribution in [3.8, 4) is 0 Å². The molecule has 1 fully saturated rings. The highest BCUT2D eigenvalue weighted by Gasteiger charge is 2.17. The summed E-state index contributed by atoms with van der Waals surface area (Å²) >= 11 is 0. The summed E-state index contributed by atoms with van der Waals surface area (Å²) < 4.78 is 5.51. The Bertz CT molecular complexity index is 353. The maximum absolute atomic E-state index is 9.68. The van der Waals surface area contributed by atoms with Gasteiger partial charge in [0.15, 0.2) is 0 Å². The zero-order chi connectivity index (χ0) is 12.3. The van der Waals surface area contributed by atoms with Gasteiger partial charge >= 0.3 is 0 Å². The summed E-state index contributed by atoms with van der Waals surface area (Å²) in [6.07, 6.45) is 2.35. The van der Waals surface area contributed by atoms with Crippen molar-refractivity contribution in [3.05, 3.63) is 24.0 Å². The molecule has 2 atom stereocenters. The number of aliphatic hydroxyl groups excluding tert-OH is 1. The number of nitrogens with zero attached hydrogens (tertiary/aromatic N) is 2. The summed E-state index contributed by atoms with van der Waals surface area (Å²) in [5.41, 5.74) is 1.85. The summed E-state index contributed by atoms with van der Waals surface area (Å²) in [5.74, 6) is 0. The van der Waals surface area contributed by atoms with Gasteiger partial charge in [0.25, 0.3) is 0 Å². The minimum Gasteiger partial charge on any atom is -0.387 e. The van der Waals surface area contributed by atoms with Crippen LogP contribution in [-0.4, -0.2) is 35.9 Å². The van der Waals surface area contributed by atoms with Crippen molar-refractivity contribution in [1.29, 1.82) is 0 Å². The molecule has 0 aromatic carbocycles. The van der Waals surface area contributed by atoms with Gasteiger partial charge in [-0.15, -0.1) is 0 Å². The Balaban J connectivity index is 2.06. The molecule has 4 nitrogen and oxygen atoms in total. The number of ether oxygens (including phenoxy) is 1. The van der Waals surface area contributed by atoms with Gasteiger partial charge in [-0.2, -0.15) is 0 Å². The second-order valence-corrected chi connectivity index (χ2v) is 4.49. The maximum atomic E-state index is 9.68. The molecule has 0 bridgehead atoms. The molecule has 0 amide bonds. The van der Waals surface area contributed by atoms with E-state index in [4.69, 9.17) is 4.74 Å². The monoisotopic (exact) mass is 236 g/mol. The van der Waals surface area contributed by atoms with Crippen molar-refractivity contribution in [2.75, 3.05) is 24.6 Å². The number of pyridine rings is 1. The lowest BCUT2D eigenvalue weighted by atomic mass is 10.2. The number of hydrogen-bond acceptors (Lipinski definition) is 4. The Kier molecular flexibility index (Phi) is 3.97. The van der Waals surface area contributed by atoms with Crippen LogP contribution in [0, 0.1) is 0 Å². The Morgan fingerprint density at radius 3 is 3.00 bits per heavy atom. The first-order chi connectivity index (χ1) is 8.20. The summed E-state index contributed by atoms with van der Waals surface area (Å²) in [5, 5.41) is 9.68. The predicted molar refractivity (Wildman–Crippen MR) is 67.1 cm³/mol. The third kappa shape index (κ3) is 2.96. The highest BCUT2D eigenvalue weighted by molar-refractivity contribution is 5.45. The van der Waals surface area contributed by atoms with Crippen LogP contribution in [0.2, 0.25) is 0 Å². The van der Waals surface area contributed by atoms with E-state index >= 15 is 0 Å². The normalized spacial score (nSPS) is 22.5. The molecule has 0 spiro atoms. The molecule has 1 aromatic rings. The van der Waals surface area contributed by atoms with Crippen LogP contribution in [0.1, 0.15) is 32.1 Å². The van der Waals surface area contributed by atoms with E-state index in [0.29, 0.717) is 6.42 Å². The lowest BCUT2D eigenvalue weighted by Gasteiger charge is -2.32. The van der Waals surface area contributed by atoms with Gasteiger partial charge in [0.2, 0.25) is 0 Å². The highest BCUT2D eigenvalue weighted by atomic mass is 16.5. The van der Waals surface area contributed by atoms with Crippen molar-refractivity contribution in [2.45, 2.75) is 32.5 Å². The van der Waals surface area contributed by atoms with Crippen LogP contribution in [-0.2, 0) is 4.74 Å². The van der Waals surface area contributed by atoms with E-state index in [0.717, 1.165) is 31.1 Å². The highest BCUT2D eigenvalue weighted by Crippen LogP contribution is 2.20. The number of aliphatic hydroxyl groups is 1. The van der Waals surface area contributed by atoms with Gasteiger partial charge in [0.1, 0.15) is 0 Å². The SMILES string of the molecule is CC[C@@H](O)c1ccc(N2CCOC(C)C2)cn1. The summed E-state index contributed by atoms with van der Waals surface area (Å²) in [4.78, 5) is 6.58. The van der Waals surface area contributed by atoms with Crippen LogP contribution in [0.15, 0.2) is 18.3 Å². The van der Waals surface area contributed by atoms with Crippen molar-refractivity contribution in [2.24, 2.45) is 0 Å². The van der Waals surface area contributed by atoms with Gasteiger partial charge in [-0.25, -0.2) is 0 Å². The second kappa shape index (κ2) is 5.47. The summed E-state index contributed by atoms with van der Waals surface area (Å²) in [7, 11) is 0. The van der Waals surface area contributed by atoms with Crippen LogP contribution in [0.25, 0.3) is 0 Å². The molecular weight excluding hydrogens is 216 g/mol. The standard InChI is InChI=1S/C13H20N2O2/c1-3-13(16)12-5-4-11(8-14-12)15-6-7-17-10(2)9-15/h4-5,8,10,13,16H,3,6-7,9H2,1-2H3/t10?,13-/m1/s1. The molecule has 1 aliphatic heterocycles. The van der Waals surface area contributed by atoms with Crippen molar-refractivity contribution >= 4 is 5.69 Å². The molecule has 2 heterocycles. The van der Waals surface area contributed by atoms with Crippen molar-refractivity contribution in [3.63, 3.8) is 0 Å². The minimum atomic E-state index is -0.451. The van der Waals surface area contributed by atoms with E-state index in [9.17, 15) is 5.11 Å². The lowest BCUT2D eigenvalue weighted by Crippen LogP contribution is -2.41. The van der Waals surface area contributed by atoms with Crippen molar-refractivity contribution < 1.29 is 9.84 Å². The van der Waals surface area contributed by atoms with Crippen LogP contribution in [0.5, 0.6) is 0 Å². The van der Waals surface area contributed by atoms with Crippen molar-refractivity contribution in [1.82, 2.24) is 4.98 Å². The minimum absolute atomic E-state index is 0.268. The molecule has 2 rings (SSSR count). The zero-order valence-electron chi connectivity index (χ0n) is 10.5. The smallest absolute Gasteiger partial charge is 0.0957 e. The van der Waals surface area contributed by atoms with E-state index in [1.165, 1.54) is 0 Å². The van der Waals surface area contributed by atoms with E-state index in [-0.39, 0.29) is 6.10 Å². The van der Waals surface area contributed by atoms with E-state index in [2.05, 4.69) is 16.8 Å². The van der Waals surface area contributed by atoms with Gasteiger partial charge in [-0.05, 0) is 25.5 Å². The molecule has 17 heavy (non-hydrogen) atoms. The maximum Gasteiger partial charge on any atom is 0.0957 e. The first kappa shape index (κ1) is 12.3. The molecule has 1 saturated heterocycles. The average Bonchev–Trinajstić information content (AvgIpc) is 2.38. The number of rotatable bonds is 3. The fourth-order valence-corrected chi connectivity index (χ4v) is 2.04. The van der Waals surface area contributed by atoms with Gasteiger partial charge < -0.3 is 14.7 Å². The molecule has 1 aromatic heterocycles. The number of morpholine rings is 1. The third-order valence-corrected chi connectivity index (χ3v) is 3.11. The van der Waals surface area contributed by atoms with E-state index < -0.39 is 6.10 Å². The Morgan fingerprint density at radius 2 is 2.41 bits per heavy atom. The number of hydrogen-bond donors (Lipinski definition) is 1.